The first-order valence-corrected chi connectivity index (χ1v) is 7.87. The zero-order chi connectivity index (χ0) is 13.9. The maximum Gasteiger partial charge on any atom is 0.274 e. The molecule has 1 aromatic rings. The van der Waals surface area contributed by atoms with E-state index < -0.39 is 0 Å². The minimum Gasteiger partial charge on any atom is -0.381 e. The molecule has 0 spiro atoms. The summed E-state index contributed by atoms with van der Waals surface area (Å²) in [5, 5.41) is 0. The summed E-state index contributed by atoms with van der Waals surface area (Å²) in [6.45, 7) is 4.39. The predicted molar refractivity (Wildman–Crippen MR) is 80.5 cm³/mol. The average Bonchev–Trinajstić information content (AvgIpc) is 2.51. The van der Waals surface area contributed by atoms with Gasteiger partial charge in [0.2, 0.25) is 0 Å². The third-order valence-electron chi connectivity index (χ3n) is 3.93. The molecule has 0 unspecified atom stereocenters. The van der Waals surface area contributed by atoms with Crippen LogP contribution in [0.4, 0.5) is 5.69 Å². The summed E-state index contributed by atoms with van der Waals surface area (Å²) >= 11 is 3.53. The number of aromatic nitrogens is 1. The van der Waals surface area contributed by atoms with Crippen LogP contribution >= 0.6 is 15.9 Å². The van der Waals surface area contributed by atoms with E-state index in [9.17, 15) is 4.79 Å². The maximum atomic E-state index is 12.7. The van der Waals surface area contributed by atoms with Gasteiger partial charge in [0.1, 0.15) is 5.69 Å². The Balaban J connectivity index is 1.94. The van der Waals surface area contributed by atoms with E-state index in [1.807, 2.05) is 16.8 Å². The van der Waals surface area contributed by atoms with Crippen LogP contribution in [-0.2, 0) is 9.47 Å². The van der Waals surface area contributed by atoms with Gasteiger partial charge < -0.3 is 18.9 Å². The number of pyridine rings is 1. The third-order valence-corrected chi connectivity index (χ3v) is 4.36. The largest absolute Gasteiger partial charge is 0.381 e. The van der Waals surface area contributed by atoms with Crippen molar-refractivity contribution in [3.05, 3.63) is 27.1 Å². The van der Waals surface area contributed by atoms with Crippen molar-refractivity contribution in [2.75, 3.05) is 44.4 Å². The lowest BCUT2D eigenvalue weighted by molar-refractivity contribution is 0.0686. The van der Waals surface area contributed by atoms with Crippen LogP contribution in [0.25, 0.3) is 0 Å². The number of anilines is 1. The molecule has 3 heterocycles. The topological polar surface area (TPSA) is 43.7 Å². The highest BCUT2D eigenvalue weighted by molar-refractivity contribution is 9.10. The van der Waals surface area contributed by atoms with E-state index in [2.05, 4.69) is 20.8 Å². The Labute approximate surface area is 126 Å². The SMILES string of the molecule is O=c1c(N2CCOCC2)cc(Br)cn1C1CCOCC1. The van der Waals surface area contributed by atoms with Gasteiger partial charge in [-0.25, -0.2) is 0 Å². The third kappa shape index (κ3) is 2.92. The van der Waals surface area contributed by atoms with Crippen LogP contribution in [0.2, 0.25) is 0 Å². The first kappa shape index (κ1) is 14.1. The smallest absolute Gasteiger partial charge is 0.274 e. The van der Waals surface area contributed by atoms with Crippen LogP contribution in [0, 0.1) is 0 Å². The van der Waals surface area contributed by atoms with E-state index >= 15 is 0 Å². The van der Waals surface area contributed by atoms with E-state index in [1.54, 1.807) is 0 Å². The van der Waals surface area contributed by atoms with Gasteiger partial charge in [-0.15, -0.1) is 0 Å². The lowest BCUT2D eigenvalue weighted by atomic mass is 10.1. The summed E-state index contributed by atoms with van der Waals surface area (Å²) in [5.74, 6) is 0. The van der Waals surface area contributed by atoms with Crippen LogP contribution in [0.5, 0.6) is 0 Å². The molecule has 0 radical (unpaired) electrons. The van der Waals surface area contributed by atoms with E-state index in [0.717, 1.165) is 49.3 Å². The van der Waals surface area contributed by atoms with Crippen molar-refractivity contribution < 1.29 is 9.47 Å². The molecule has 2 saturated heterocycles. The second-order valence-corrected chi connectivity index (χ2v) is 6.11. The molecule has 2 aliphatic rings. The Morgan fingerprint density at radius 2 is 1.75 bits per heavy atom. The second kappa shape index (κ2) is 6.28. The van der Waals surface area contributed by atoms with Crippen LogP contribution in [-0.4, -0.2) is 44.1 Å². The van der Waals surface area contributed by atoms with E-state index in [-0.39, 0.29) is 11.6 Å². The molecule has 0 N–H and O–H groups in total. The number of nitrogens with zero attached hydrogens (tertiary/aromatic N) is 2. The summed E-state index contributed by atoms with van der Waals surface area (Å²) in [5.41, 5.74) is 0.871. The number of rotatable bonds is 2. The lowest BCUT2D eigenvalue weighted by Gasteiger charge is -2.30. The minimum absolute atomic E-state index is 0.0991. The van der Waals surface area contributed by atoms with Gasteiger partial charge in [0.15, 0.2) is 0 Å². The molecule has 1 aromatic heterocycles. The van der Waals surface area contributed by atoms with Crippen LogP contribution in [0.15, 0.2) is 21.5 Å². The highest BCUT2D eigenvalue weighted by Gasteiger charge is 2.21. The quantitative estimate of drug-likeness (QED) is 0.821. The molecule has 0 atom stereocenters. The van der Waals surface area contributed by atoms with Gasteiger partial charge in [0.05, 0.1) is 13.2 Å². The number of hydrogen-bond donors (Lipinski definition) is 0. The zero-order valence-electron chi connectivity index (χ0n) is 11.4. The molecule has 20 heavy (non-hydrogen) atoms. The van der Waals surface area contributed by atoms with Crippen LogP contribution < -0.4 is 10.5 Å². The monoisotopic (exact) mass is 342 g/mol. The number of hydrogen-bond acceptors (Lipinski definition) is 4. The molecule has 3 rings (SSSR count). The van der Waals surface area contributed by atoms with Crippen molar-refractivity contribution in [1.82, 2.24) is 4.57 Å². The molecule has 6 heteroatoms. The zero-order valence-corrected chi connectivity index (χ0v) is 13.0. The van der Waals surface area contributed by atoms with Gasteiger partial charge in [0, 0.05) is 43.0 Å². The van der Waals surface area contributed by atoms with Crippen molar-refractivity contribution in [3.63, 3.8) is 0 Å². The fraction of sp³-hybridized carbons (Fsp3) is 0.643. The Morgan fingerprint density at radius 1 is 1.10 bits per heavy atom. The van der Waals surface area contributed by atoms with Gasteiger partial charge >= 0.3 is 0 Å². The van der Waals surface area contributed by atoms with Crippen molar-refractivity contribution in [2.24, 2.45) is 0 Å². The van der Waals surface area contributed by atoms with Gasteiger partial charge in [-0.1, -0.05) is 0 Å². The first-order chi connectivity index (χ1) is 9.75. The molecular formula is C14H19BrN2O3. The van der Waals surface area contributed by atoms with Gasteiger partial charge in [-0.05, 0) is 34.8 Å². The van der Waals surface area contributed by atoms with Crippen molar-refractivity contribution in [1.29, 1.82) is 0 Å². The minimum atomic E-state index is 0.0991. The Bertz CT molecular complexity index is 477. The molecule has 110 valence electrons. The highest BCUT2D eigenvalue weighted by Crippen LogP contribution is 2.23. The molecule has 0 amide bonds. The van der Waals surface area contributed by atoms with Crippen molar-refractivity contribution in [3.8, 4) is 0 Å². The lowest BCUT2D eigenvalue weighted by Crippen LogP contribution is -2.41. The second-order valence-electron chi connectivity index (χ2n) is 5.20. The standard InChI is InChI=1S/C14H19BrN2O3/c15-11-9-13(16-3-7-20-8-4-16)14(18)17(10-11)12-1-5-19-6-2-12/h9-10,12H,1-8H2. The number of ether oxygens (including phenoxy) is 2. The summed E-state index contributed by atoms with van der Waals surface area (Å²) in [7, 11) is 0. The molecule has 2 fully saturated rings. The highest BCUT2D eigenvalue weighted by atomic mass is 79.9. The van der Waals surface area contributed by atoms with Gasteiger partial charge in [-0.2, -0.15) is 0 Å². The normalized spacial score (nSPS) is 21.1. The number of halogens is 1. The summed E-state index contributed by atoms with van der Waals surface area (Å²) in [6, 6.07) is 2.16. The van der Waals surface area contributed by atoms with Crippen molar-refractivity contribution in [2.45, 2.75) is 18.9 Å². The summed E-state index contributed by atoms with van der Waals surface area (Å²) in [4.78, 5) is 14.9. The Kier molecular flexibility index (Phi) is 4.43. The predicted octanol–water partition coefficient (Wildman–Crippen LogP) is 1.80. The molecule has 0 bridgehead atoms. The molecule has 5 nitrogen and oxygen atoms in total. The Hall–Kier alpha value is -0.850. The summed E-state index contributed by atoms with van der Waals surface area (Å²) < 4.78 is 13.6. The molecule has 2 aliphatic heterocycles. The van der Waals surface area contributed by atoms with E-state index in [1.165, 1.54) is 0 Å². The van der Waals surface area contributed by atoms with Crippen LogP contribution in [0.3, 0.4) is 0 Å². The van der Waals surface area contributed by atoms with E-state index in [4.69, 9.17) is 9.47 Å². The van der Waals surface area contributed by atoms with Crippen LogP contribution in [0.1, 0.15) is 18.9 Å². The van der Waals surface area contributed by atoms with Gasteiger partial charge in [-0.3, -0.25) is 4.79 Å². The summed E-state index contributed by atoms with van der Waals surface area (Å²) in [6.07, 6.45) is 3.71. The van der Waals surface area contributed by atoms with Gasteiger partial charge in [0.25, 0.3) is 5.56 Å². The average molecular weight is 343 g/mol. The molecule has 0 saturated carbocycles. The van der Waals surface area contributed by atoms with E-state index in [0.29, 0.717) is 13.2 Å². The molecule has 0 aromatic carbocycles. The molecule has 0 aliphatic carbocycles. The number of morpholine rings is 1. The Morgan fingerprint density at radius 3 is 2.45 bits per heavy atom. The molecular weight excluding hydrogens is 324 g/mol. The fourth-order valence-electron chi connectivity index (χ4n) is 2.82. The maximum absolute atomic E-state index is 12.7. The first-order valence-electron chi connectivity index (χ1n) is 7.08. The fourth-order valence-corrected chi connectivity index (χ4v) is 3.26. The van der Waals surface area contributed by atoms with Crippen molar-refractivity contribution >= 4 is 21.6 Å².